The van der Waals surface area contributed by atoms with E-state index in [-0.39, 0.29) is 11.9 Å². The van der Waals surface area contributed by atoms with Crippen molar-refractivity contribution in [2.24, 2.45) is 5.73 Å². The van der Waals surface area contributed by atoms with E-state index < -0.39 is 0 Å². The van der Waals surface area contributed by atoms with Crippen molar-refractivity contribution < 1.29 is 9.63 Å². The van der Waals surface area contributed by atoms with Crippen molar-refractivity contribution in [2.45, 2.75) is 18.9 Å². The van der Waals surface area contributed by atoms with Crippen LogP contribution in [0.3, 0.4) is 0 Å². The Labute approximate surface area is 111 Å². The number of rotatable bonds is 3. The van der Waals surface area contributed by atoms with Gasteiger partial charge in [0, 0.05) is 6.54 Å². The van der Waals surface area contributed by atoms with E-state index in [9.17, 15) is 4.79 Å². The third-order valence-corrected chi connectivity index (χ3v) is 3.48. The van der Waals surface area contributed by atoms with Gasteiger partial charge in [0.25, 0.3) is 0 Å². The van der Waals surface area contributed by atoms with Crippen LogP contribution >= 0.6 is 0 Å². The first-order chi connectivity index (χ1) is 9.24. The lowest BCUT2D eigenvalue weighted by atomic mass is 10.1. The molecule has 0 aliphatic carbocycles. The largest absolute Gasteiger partial charge is 0.405 e. The number of hydroxylamine groups is 2. The van der Waals surface area contributed by atoms with Crippen LogP contribution in [0.2, 0.25) is 0 Å². The molecule has 4 nitrogen and oxygen atoms in total. The molecular formula is C15H16N2O2. The molecule has 1 heterocycles. The number of primary amides is 1. The number of hydrogen-bond donors (Lipinski definition) is 1. The third-order valence-electron chi connectivity index (χ3n) is 3.48. The SMILES string of the molecule is NC(=O)[C@@H]1CCCN1Oc1ccc2ccccc2c1. The average Bonchev–Trinajstić information content (AvgIpc) is 2.87. The van der Waals surface area contributed by atoms with Gasteiger partial charge in [-0.05, 0) is 35.7 Å². The second-order valence-electron chi connectivity index (χ2n) is 4.80. The molecule has 1 saturated heterocycles. The van der Waals surface area contributed by atoms with Crippen molar-refractivity contribution in [3.8, 4) is 5.75 Å². The summed E-state index contributed by atoms with van der Waals surface area (Å²) in [6, 6.07) is 13.7. The summed E-state index contributed by atoms with van der Waals surface area (Å²) in [4.78, 5) is 17.1. The lowest BCUT2D eigenvalue weighted by molar-refractivity contribution is -0.135. The normalized spacial score (nSPS) is 19.7. The van der Waals surface area contributed by atoms with E-state index in [4.69, 9.17) is 10.6 Å². The zero-order valence-electron chi connectivity index (χ0n) is 10.6. The van der Waals surface area contributed by atoms with Crippen molar-refractivity contribution in [1.29, 1.82) is 0 Å². The maximum absolute atomic E-state index is 11.3. The summed E-state index contributed by atoms with van der Waals surface area (Å²) in [7, 11) is 0. The number of hydrogen-bond acceptors (Lipinski definition) is 3. The zero-order chi connectivity index (χ0) is 13.2. The summed E-state index contributed by atoms with van der Waals surface area (Å²) in [6.07, 6.45) is 1.70. The molecule has 0 spiro atoms. The molecule has 2 aromatic carbocycles. The minimum absolute atomic E-state index is 0.313. The first-order valence-electron chi connectivity index (χ1n) is 6.47. The zero-order valence-corrected chi connectivity index (χ0v) is 10.6. The molecule has 19 heavy (non-hydrogen) atoms. The molecule has 4 heteroatoms. The highest BCUT2D eigenvalue weighted by molar-refractivity contribution is 5.83. The number of benzene rings is 2. The third kappa shape index (κ3) is 2.39. The quantitative estimate of drug-likeness (QED) is 0.914. The van der Waals surface area contributed by atoms with Gasteiger partial charge in [0.05, 0.1) is 0 Å². The summed E-state index contributed by atoms with van der Waals surface area (Å²) >= 11 is 0. The van der Waals surface area contributed by atoms with Crippen LogP contribution in [-0.4, -0.2) is 23.6 Å². The molecule has 0 unspecified atom stereocenters. The Balaban J connectivity index is 1.83. The molecule has 0 bridgehead atoms. The predicted octanol–water partition coefficient (Wildman–Crippen LogP) is 2.08. The minimum Gasteiger partial charge on any atom is -0.405 e. The summed E-state index contributed by atoms with van der Waals surface area (Å²) in [5.74, 6) is 0.421. The van der Waals surface area contributed by atoms with E-state index in [1.165, 1.54) is 5.39 Å². The van der Waals surface area contributed by atoms with Crippen LogP contribution in [0.1, 0.15) is 12.8 Å². The maximum Gasteiger partial charge on any atom is 0.238 e. The number of nitrogens with two attached hydrogens (primary N) is 1. The Hall–Kier alpha value is -2.07. The van der Waals surface area contributed by atoms with Crippen molar-refractivity contribution in [2.75, 3.05) is 6.54 Å². The fraction of sp³-hybridized carbons (Fsp3) is 0.267. The number of carbonyl (C=O) groups excluding carboxylic acids is 1. The Morgan fingerprint density at radius 1 is 1.21 bits per heavy atom. The highest BCUT2D eigenvalue weighted by Crippen LogP contribution is 2.24. The lowest BCUT2D eigenvalue weighted by Crippen LogP contribution is -2.42. The van der Waals surface area contributed by atoms with E-state index in [0.29, 0.717) is 0 Å². The van der Waals surface area contributed by atoms with Crippen LogP contribution in [0, 0.1) is 0 Å². The van der Waals surface area contributed by atoms with Crippen LogP contribution in [0.25, 0.3) is 10.8 Å². The molecule has 1 aliphatic rings. The van der Waals surface area contributed by atoms with E-state index >= 15 is 0 Å². The van der Waals surface area contributed by atoms with Gasteiger partial charge in [-0.15, -0.1) is 5.06 Å². The van der Waals surface area contributed by atoms with Crippen LogP contribution in [0.5, 0.6) is 5.75 Å². The van der Waals surface area contributed by atoms with E-state index in [0.717, 1.165) is 30.5 Å². The number of nitrogens with zero attached hydrogens (tertiary/aromatic N) is 1. The second kappa shape index (κ2) is 4.90. The van der Waals surface area contributed by atoms with Gasteiger partial charge in [0.2, 0.25) is 5.91 Å². The van der Waals surface area contributed by atoms with E-state index in [1.54, 1.807) is 5.06 Å². The maximum atomic E-state index is 11.3. The summed E-state index contributed by atoms with van der Waals surface area (Å²) < 4.78 is 0. The predicted molar refractivity (Wildman–Crippen MR) is 73.5 cm³/mol. The first kappa shape index (κ1) is 12.0. The van der Waals surface area contributed by atoms with Crippen LogP contribution in [-0.2, 0) is 4.79 Å². The number of amides is 1. The average molecular weight is 256 g/mol. The molecule has 0 radical (unpaired) electrons. The minimum atomic E-state index is -0.321. The smallest absolute Gasteiger partial charge is 0.238 e. The van der Waals surface area contributed by atoms with Gasteiger partial charge in [-0.3, -0.25) is 4.79 Å². The van der Waals surface area contributed by atoms with Crippen LogP contribution in [0.4, 0.5) is 0 Å². The molecule has 1 fully saturated rings. The van der Waals surface area contributed by atoms with Gasteiger partial charge in [0.1, 0.15) is 11.8 Å². The van der Waals surface area contributed by atoms with E-state index in [1.807, 2.05) is 36.4 Å². The first-order valence-corrected chi connectivity index (χ1v) is 6.47. The molecule has 98 valence electrons. The Bertz CT molecular complexity index is 612. The van der Waals surface area contributed by atoms with Gasteiger partial charge in [-0.25, -0.2) is 0 Å². The number of fused-ring (bicyclic) bond motifs is 1. The van der Waals surface area contributed by atoms with Crippen LogP contribution in [0.15, 0.2) is 42.5 Å². The standard InChI is InChI=1S/C15H16N2O2/c16-15(18)14-6-3-9-17(14)19-13-8-7-11-4-1-2-5-12(11)10-13/h1-2,4-5,7-8,10,14H,3,6,9H2,(H2,16,18)/t14-/m0/s1. The molecular weight excluding hydrogens is 240 g/mol. The summed E-state index contributed by atoms with van der Waals surface area (Å²) in [6.45, 7) is 0.737. The lowest BCUT2D eigenvalue weighted by Gasteiger charge is -2.22. The van der Waals surface area contributed by atoms with Gasteiger partial charge in [-0.1, -0.05) is 30.3 Å². The van der Waals surface area contributed by atoms with Gasteiger partial charge in [0.15, 0.2) is 0 Å². The molecule has 3 rings (SSSR count). The highest BCUT2D eigenvalue weighted by atomic mass is 16.7. The Morgan fingerprint density at radius 3 is 2.79 bits per heavy atom. The fourth-order valence-electron chi connectivity index (χ4n) is 2.49. The topological polar surface area (TPSA) is 55.6 Å². The Kier molecular flexibility index (Phi) is 3.09. The molecule has 1 amide bonds. The van der Waals surface area contributed by atoms with Gasteiger partial charge >= 0.3 is 0 Å². The highest BCUT2D eigenvalue weighted by Gasteiger charge is 2.30. The monoisotopic (exact) mass is 256 g/mol. The van der Waals surface area contributed by atoms with Crippen molar-refractivity contribution in [3.05, 3.63) is 42.5 Å². The molecule has 2 aromatic rings. The molecule has 2 N–H and O–H groups in total. The summed E-state index contributed by atoms with van der Waals surface area (Å²) in [5, 5.41) is 3.98. The molecule has 1 aliphatic heterocycles. The summed E-state index contributed by atoms with van der Waals surface area (Å²) in [5.41, 5.74) is 5.37. The molecule has 0 aromatic heterocycles. The van der Waals surface area contributed by atoms with Gasteiger partial charge < -0.3 is 10.6 Å². The van der Waals surface area contributed by atoms with Crippen molar-refractivity contribution in [3.63, 3.8) is 0 Å². The molecule has 1 atom stereocenters. The number of carbonyl (C=O) groups is 1. The fourth-order valence-corrected chi connectivity index (χ4v) is 2.49. The van der Waals surface area contributed by atoms with E-state index in [2.05, 4.69) is 6.07 Å². The second-order valence-corrected chi connectivity index (χ2v) is 4.80. The van der Waals surface area contributed by atoms with Crippen molar-refractivity contribution in [1.82, 2.24) is 5.06 Å². The van der Waals surface area contributed by atoms with Crippen molar-refractivity contribution >= 4 is 16.7 Å². The van der Waals surface area contributed by atoms with Gasteiger partial charge in [-0.2, -0.15) is 0 Å². The van der Waals surface area contributed by atoms with Crippen LogP contribution < -0.4 is 10.6 Å². The Morgan fingerprint density at radius 2 is 2.00 bits per heavy atom. The molecule has 0 saturated carbocycles.